The number of ether oxygens (including phenoxy) is 1. The third-order valence-corrected chi connectivity index (χ3v) is 4.55. The van der Waals surface area contributed by atoms with Crippen molar-refractivity contribution in [3.8, 4) is 5.75 Å². The standard InChI is InChI=1S/C18H22ClN3O2/c1-12-14(18(19)22(4)20-12)10-11-17(23)21(3)13(2)15-8-6-7-9-16(15)24-5/h6-11,13H,1-5H3. The van der Waals surface area contributed by atoms with Gasteiger partial charge in [0.05, 0.1) is 18.8 Å². The highest BCUT2D eigenvalue weighted by Gasteiger charge is 2.19. The number of halogens is 1. The smallest absolute Gasteiger partial charge is 0.246 e. The fourth-order valence-corrected chi connectivity index (χ4v) is 2.76. The van der Waals surface area contributed by atoms with Crippen molar-refractivity contribution in [2.24, 2.45) is 7.05 Å². The summed E-state index contributed by atoms with van der Waals surface area (Å²) < 4.78 is 6.96. The zero-order valence-corrected chi connectivity index (χ0v) is 15.3. The Morgan fingerprint density at radius 2 is 2.08 bits per heavy atom. The molecule has 0 N–H and O–H groups in total. The number of likely N-dealkylation sites (N-methyl/N-ethyl adjacent to an activating group) is 1. The van der Waals surface area contributed by atoms with E-state index in [1.165, 1.54) is 6.08 Å². The zero-order valence-electron chi connectivity index (χ0n) is 14.6. The molecule has 0 aliphatic heterocycles. The number of amides is 1. The summed E-state index contributed by atoms with van der Waals surface area (Å²) in [7, 11) is 5.16. The third-order valence-electron chi connectivity index (χ3n) is 4.11. The highest BCUT2D eigenvalue weighted by molar-refractivity contribution is 6.31. The van der Waals surface area contributed by atoms with Crippen LogP contribution in [0.25, 0.3) is 6.08 Å². The lowest BCUT2D eigenvalue weighted by molar-refractivity contribution is -0.126. The molecule has 5 nitrogen and oxygen atoms in total. The summed E-state index contributed by atoms with van der Waals surface area (Å²) in [5.74, 6) is 0.646. The molecule has 1 atom stereocenters. The maximum absolute atomic E-state index is 12.5. The van der Waals surface area contributed by atoms with Gasteiger partial charge in [0, 0.05) is 31.3 Å². The Kier molecular flexibility index (Phi) is 5.67. The van der Waals surface area contributed by atoms with Crippen LogP contribution in [0.3, 0.4) is 0 Å². The lowest BCUT2D eigenvalue weighted by Crippen LogP contribution is -2.28. The number of carbonyl (C=O) groups excluding carboxylic acids is 1. The van der Waals surface area contributed by atoms with Gasteiger partial charge in [0.15, 0.2) is 0 Å². The van der Waals surface area contributed by atoms with E-state index in [1.54, 1.807) is 36.9 Å². The highest BCUT2D eigenvalue weighted by Crippen LogP contribution is 2.28. The van der Waals surface area contributed by atoms with Crippen LogP contribution >= 0.6 is 11.6 Å². The first kappa shape index (κ1) is 18.1. The van der Waals surface area contributed by atoms with Crippen LogP contribution in [0.4, 0.5) is 0 Å². The van der Waals surface area contributed by atoms with Crippen molar-refractivity contribution in [3.63, 3.8) is 0 Å². The number of benzene rings is 1. The van der Waals surface area contributed by atoms with E-state index >= 15 is 0 Å². The summed E-state index contributed by atoms with van der Waals surface area (Å²) in [6, 6.07) is 7.56. The minimum atomic E-state index is -0.122. The summed E-state index contributed by atoms with van der Waals surface area (Å²) >= 11 is 6.18. The van der Waals surface area contributed by atoms with Crippen molar-refractivity contribution in [2.45, 2.75) is 19.9 Å². The number of hydrogen-bond acceptors (Lipinski definition) is 3. The number of aromatic nitrogens is 2. The van der Waals surface area contributed by atoms with E-state index in [4.69, 9.17) is 16.3 Å². The van der Waals surface area contributed by atoms with Crippen molar-refractivity contribution in [3.05, 3.63) is 52.3 Å². The van der Waals surface area contributed by atoms with Gasteiger partial charge in [-0.05, 0) is 26.0 Å². The molecule has 0 radical (unpaired) electrons. The molecule has 1 aromatic carbocycles. The second-order valence-corrected chi connectivity index (χ2v) is 5.97. The summed E-state index contributed by atoms with van der Waals surface area (Å²) in [4.78, 5) is 14.1. The molecule has 1 amide bonds. The van der Waals surface area contributed by atoms with Gasteiger partial charge in [-0.25, -0.2) is 0 Å². The molecule has 0 saturated heterocycles. The number of hydrogen-bond donors (Lipinski definition) is 0. The van der Waals surface area contributed by atoms with Gasteiger partial charge in [0.25, 0.3) is 0 Å². The summed E-state index contributed by atoms with van der Waals surface area (Å²) in [5, 5.41) is 4.74. The Morgan fingerprint density at radius 1 is 1.42 bits per heavy atom. The molecule has 1 unspecified atom stereocenters. The quantitative estimate of drug-likeness (QED) is 0.776. The minimum absolute atomic E-state index is 0.118. The van der Waals surface area contributed by atoms with Gasteiger partial charge in [0.1, 0.15) is 10.9 Å². The maximum atomic E-state index is 12.5. The number of nitrogens with zero attached hydrogens (tertiary/aromatic N) is 3. The van der Waals surface area contributed by atoms with Crippen molar-refractivity contribution in [1.29, 1.82) is 0 Å². The molecular weight excluding hydrogens is 326 g/mol. The van der Waals surface area contributed by atoms with E-state index in [0.717, 1.165) is 22.6 Å². The molecule has 2 aromatic rings. The van der Waals surface area contributed by atoms with Gasteiger partial charge < -0.3 is 9.64 Å². The second kappa shape index (κ2) is 7.53. The lowest BCUT2D eigenvalue weighted by Gasteiger charge is -2.25. The zero-order chi connectivity index (χ0) is 17.9. The van der Waals surface area contributed by atoms with E-state index in [0.29, 0.717) is 5.15 Å². The Morgan fingerprint density at radius 3 is 2.67 bits per heavy atom. The normalized spacial score (nSPS) is 12.4. The van der Waals surface area contributed by atoms with Crippen LogP contribution in [0.2, 0.25) is 5.15 Å². The molecule has 0 spiro atoms. The number of rotatable bonds is 5. The molecule has 0 saturated carbocycles. The molecule has 0 fully saturated rings. The maximum Gasteiger partial charge on any atom is 0.246 e. The predicted octanol–water partition coefficient (Wildman–Crippen LogP) is 3.62. The average molecular weight is 348 g/mol. The monoisotopic (exact) mass is 347 g/mol. The number of para-hydroxylation sites is 1. The predicted molar refractivity (Wildman–Crippen MR) is 96.2 cm³/mol. The SMILES string of the molecule is COc1ccccc1C(C)N(C)C(=O)C=Cc1c(C)nn(C)c1Cl. The fraction of sp³-hybridized carbons (Fsp3) is 0.333. The van der Waals surface area contributed by atoms with E-state index in [-0.39, 0.29) is 11.9 Å². The summed E-state index contributed by atoms with van der Waals surface area (Å²) in [5.41, 5.74) is 2.50. The van der Waals surface area contributed by atoms with E-state index < -0.39 is 0 Å². The van der Waals surface area contributed by atoms with Crippen molar-refractivity contribution < 1.29 is 9.53 Å². The van der Waals surface area contributed by atoms with Crippen LogP contribution in [-0.2, 0) is 11.8 Å². The van der Waals surface area contributed by atoms with Crippen molar-refractivity contribution >= 4 is 23.6 Å². The molecule has 0 aliphatic rings. The van der Waals surface area contributed by atoms with Crippen LogP contribution in [0.1, 0.15) is 29.8 Å². The molecular formula is C18H22ClN3O2. The number of methoxy groups -OCH3 is 1. The van der Waals surface area contributed by atoms with Crippen LogP contribution in [-0.4, -0.2) is 34.7 Å². The molecule has 128 valence electrons. The fourth-order valence-electron chi connectivity index (χ4n) is 2.52. The first-order valence-corrected chi connectivity index (χ1v) is 8.01. The molecule has 1 aromatic heterocycles. The third kappa shape index (κ3) is 3.62. The molecule has 0 aliphatic carbocycles. The second-order valence-electron chi connectivity index (χ2n) is 5.61. The molecule has 2 rings (SSSR count). The van der Waals surface area contributed by atoms with Crippen LogP contribution in [0.5, 0.6) is 5.75 Å². The Bertz CT molecular complexity index is 768. The Labute approximate surface area is 147 Å². The molecule has 1 heterocycles. The Balaban J connectivity index is 2.18. The molecule has 0 bridgehead atoms. The average Bonchev–Trinajstić information content (AvgIpc) is 2.83. The summed E-state index contributed by atoms with van der Waals surface area (Å²) in [6.07, 6.45) is 3.22. The van der Waals surface area contributed by atoms with E-state index in [1.807, 2.05) is 38.1 Å². The minimum Gasteiger partial charge on any atom is -0.496 e. The largest absolute Gasteiger partial charge is 0.496 e. The number of aryl methyl sites for hydroxylation is 2. The first-order chi connectivity index (χ1) is 11.4. The van der Waals surface area contributed by atoms with Crippen LogP contribution in [0, 0.1) is 6.92 Å². The first-order valence-electron chi connectivity index (χ1n) is 7.63. The van der Waals surface area contributed by atoms with Gasteiger partial charge in [-0.15, -0.1) is 0 Å². The van der Waals surface area contributed by atoms with E-state index in [9.17, 15) is 4.79 Å². The topological polar surface area (TPSA) is 47.4 Å². The van der Waals surface area contributed by atoms with Gasteiger partial charge in [0.2, 0.25) is 5.91 Å². The molecule has 24 heavy (non-hydrogen) atoms. The van der Waals surface area contributed by atoms with Gasteiger partial charge in [-0.3, -0.25) is 9.48 Å². The van der Waals surface area contributed by atoms with Crippen molar-refractivity contribution in [1.82, 2.24) is 14.7 Å². The van der Waals surface area contributed by atoms with E-state index in [2.05, 4.69) is 5.10 Å². The van der Waals surface area contributed by atoms with Gasteiger partial charge in [-0.1, -0.05) is 29.8 Å². The Hall–Kier alpha value is -2.27. The van der Waals surface area contributed by atoms with Gasteiger partial charge >= 0.3 is 0 Å². The lowest BCUT2D eigenvalue weighted by atomic mass is 10.1. The summed E-state index contributed by atoms with van der Waals surface area (Å²) in [6.45, 7) is 3.82. The van der Waals surface area contributed by atoms with Crippen LogP contribution in [0.15, 0.2) is 30.3 Å². The van der Waals surface area contributed by atoms with Gasteiger partial charge in [-0.2, -0.15) is 5.10 Å². The number of carbonyl (C=O) groups is 1. The molecule has 6 heteroatoms. The van der Waals surface area contributed by atoms with Crippen molar-refractivity contribution in [2.75, 3.05) is 14.2 Å². The van der Waals surface area contributed by atoms with Crippen LogP contribution < -0.4 is 4.74 Å². The highest BCUT2D eigenvalue weighted by atomic mass is 35.5.